The molecule has 1 N–H and O–H groups in total. The maximum atomic E-state index is 12.7. The summed E-state index contributed by atoms with van der Waals surface area (Å²) < 4.78 is 5.69. The van der Waals surface area contributed by atoms with Gasteiger partial charge in [0.05, 0.1) is 19.1 Å². The van der Waals surface area contributed by atoms with Gasteiger partial charge in [-0.25, -0.2) is 0 Å². The number of amides is 1. The Balaban J connectivity index is 0.00000144. The third-order valence-electron chi connectivity index (χ3n) is 6.42. The summed E-state index contributed by atoms with van der Waals surface area (Å²) in [6.07, 6.45) is 7.58. The smallest absolute Gasteiger partial charge is 0.225 e. The Labute approximate surface area is 139 Å². The lowest BCUT2D eigenvalue weighted by Crippen LogP contribution is -2.56. The zero-order valence-corrected chi connectivity index (χ0v) is 14.3. The lowest BCUT2D eigenvalue weighted by molar-refractivity contribution is -0.144. The fourth-order valence-electron chi connectivity index (χ4n) is 5.78. The van der Waals surface area contributed by atoms with Crippen molar-refractivity contribution in [3.05, 3.63) is 0 Å². The summed E-state index contributed by atoms with van der Waals surface area (Å²) in [4.78, 5) is 14.8. The average molecular weight is 329 g/mol. The van der Waals surface area contributed by atoms with Crippen LogP contribution in [0.25, 0.3) is 0 Å². The molecule has 5 fully saturated rings. The first-order chi connectivity index (χ1) is 10.2. The molecule has 0 aromatic rings. The Hall–Kier alpha value is -0.320. The van der Waals surface area contributed by atoms with Crippen LogP contribution in [0.15, 0.2) is 0 Å². The molecular formula is C17H29ClN2O2. The zero-order valence-electron chi connectivity index (χ0n) is 13.5. The van der Waals surface area contributed by atoms with Crippen molar-refractivity contribution in [3.63, 3.8) is 0 Å². The molecule has 4 aliphatic carbocycles. The maximum absolute atomic E-state index is 12.7. The van der Waals surface area contributed by atoms with Gasteiger partial charge in [-0.1, -0.05) is 0 Å². The molecule has 5 rings (SSSR count). The molecule has 4 nitrogen and oxygen atoms in total. The Morgan fingerprint density at radius 3 is 2.32 bits per heavy atom. The minimum atomic E-state index is 0. The van der Waals surface area contributed by atoms with Crippen molar-refractivity contribution >= 4 is 18.3 Å². The van der Waals surface area contributed by atoms with Crippen LogP contribution < -0.4 is 5.32 Å². The molecule has 1 atom stereocenters. The average Bonchev–Trinajstić information content (AvgIpc) is 2.47. The van der Waals surface area contributed by atoms with E-state index in [2.05, 4.69) is 10.2 Å². The summed E-state index contributed by atoms with van der Waals surface area (Å²) >= 11 is 0. The summed E-state index contributed by atoms with van der Waals surface area (Å²) in [6.45, 7) is 2.47. The number of carbonyl (C=O) groups excluding carboxylic acids is 1. The summed E-state index contributed by atoms with van der Waals surface area (Å²) in [6, 6.07) is 0.516. The van der Waals surface area contributed by atoms with E-state index in [-0.39, 0.29) is 18.5 Å². The van der Waals surface area contributed by atoms with Crippen molar-refractivity contribution in [1.29, 1.82) is 0 Å². The van der Waals surface area contributed by atoms with E-state index in [9.17, 15) is 4.79 Å². The summed E-state index contributed by atoms with van der Waals surface area (Å²) in [5.74, 6) is 3.79. The van der Waals surface area contributed by atoms with Crippen molar-refractivity contribution in [1.82, 2.24) is 10.2 Å². The molecule has 4 saturated carbocycles. The molecule has 1 aliphatic heterocycles. The number of halogens is 1. The third kappa shape index (κ3) is 3.02. The largest absolute Gasteiger partial charge is 0.375 e. The molecule has 1 saturated heterocycles. The van der Waals surface area contributed by atoms with Gasteiger partial charge in [-0.15, -0.1) is 12.4 Å². The minimum absolute atomic E-state index is 0. The van der Waals surface area contributed by atoms with Crippen LogP contribution >= 0.6 is 12.4 Å². The van der Waals surface area contributed by atoms with E-state index < -0.39 is 0 Å². The molecule has 1 amide bonds. The molecule has 1 unspecified atom stereocenters. The van der Waals surface area contributed by atoms with Gasteiger partial charge in [0, 0.05) is 26.2 Å². The van der Waals surface area contributed by atoms with Crippen LogP contribution in [0.3, 0.4) is 0 Å². The highest BCUT2D eigenvalue weighted by Crippen LogP contribution is 2.55. The first-order valence-electron chi connectivity index (χ1n) is 8.78. The highest BCUT2D eigenvalue weighted by Gasteiger charge is 2.50. The van der Waals surface area contributed by atoms with Crippen LogP contribution in [0.1, 0.15) is 38.5 Å². The highest BCUT2D eigenvalue weighted by atomic mass is 35.5. The maximum Gasteiger partial charge on any atom is 0.225 e. The molecular weight excluding hydrogens is 300 g/mol. The number of rotatable bonds is 3. The van der Waals surface area contributed by atoms with Crippen molar-refractivity contribution < 1.29 is 9.53 Å². The van der Waals surface area contributed by atoms with E-state index >= 15 is 0 Å². The lowest BCUT2D eigenvalue weighted by Gasteiger charge is -2.56. The van der Waals surface area contributed by atoms with Gasteiger partial charge in [-0.3, -0.25) is 4.79 Å². The van der Waals surface area contributed by atoms with Gasteiger partial charge in [-0.05, 0) is 55.8 Å². The molecule has 5 aliphatic rings. The van der Waals surface area contributed by atoms with Gasteiger partial charge >= 0.3 is 0 Å². The number of carbonyl (C=O) groups is 1. The van der Waals surface area contributed by atoms with E-state index in [0.29, 0.717) is 18.4 Å². The second kappa shape index (κ2) is 6.66. The fraction of sp³-hybridized carbons (Fsp3) is 0.941. The highest BCUT2D eigenvalue weighted by molar-refractivity contribution is 5.85. The van der Waals surface area contributed by atoms with E-state index in [1.165, 1.54) is 32.1 Å². The van der Waals surface area contributed by atoms with Gasteiger partial charge in [-0.2, -0.15) is 0 Å². The van der Waals surface area contributed by atoms with Gasteiger partial charge in [0.1, 0.15) is 0 Å². The quantitative estimate of drug-likeness (QED) is 0.862. The van der Waals surface area contributed by atoms with E-state index in [4.69, 9.17) is 4.74 Å². The van der Waals surface area contributed by atoms with Crippen LogP contribution in [-0.2, 0) is 9.53 Å². The van der Waals surface area contributed by atoms with E-state index in [0.717, 1.165) is 43.4 Å². The topological polar surface area (TPSA) is 41.6 Å². The lowest BCUT2D eigenvalue weighted by atomic mass is 9.54. The molecule has 126 valence electrons. The Morgan fingerprint density at radius 1 is 1.14 bits per heavy atom. The van der Waals surface area contributed by atoms with Crippen LogP contribution in [0, 0.1) is 23.7 Å². The fourth-order valence-corrected chi connectivity index (χ4v) is 5.78. The number of nitrogens with zero attached hydrogens (tertiary/aromatic N) is 1. The first kappa shape index (κ1) is 16.5. The molecule has 22 heavy (non-hydrogen) atoms. The molecule has 0 aromatic carbocycles. The van der Waals surface area contributed by atoms with Crippen molar-refractivity contribution in [2.24, 2.45) is 23.7 Å². The van der Waals surface area contributed by atoms with Gasteiger partial charge in [0.25, 0.3) is 0 Å². The van der Waals surface area contributed by atoms with Crippen molar-refractivity contribution in [2.45, 2.75) is 50.7 Å². The molecule has 4 bridgehead atoms. The van der Waals surface area contributed by atoms with E-state index in [1.807, 2.05) is 7.05 Å². The molecule has 0 radical (unpaired) electrons. The predicted octanol–water partition coefficient (Wildman–Crippen LogP) is 2.07. The number of hydrogen-bond acceptors (Lipinski definition) is 3. The third-order valence-corrected chi connectivity index (χ3v) is 6.42. The normalized spacial score (nSPS) is 42.8. The van der Waals surface area contributed by atoms with Crippen molar-refractivity contribution in [2.75, 3.05) is 26.7 Å². The SMILES string of the molecule is CN(C(=O)CC1CNCCO1)C1C2CC3CC(C2)CC1C3.Cl. The first-order valence-corrected chi connectivity index (χ1v) is 8.78. The number of ether oxygens (including phenoxy) is 1. The molecule has 1 heterocycles. The van der Waals surface area contributed by atoms with Gasteiger partial charge < -0.3 is 15.0 Å². The number of morpholine rings is 1. The van der Waals surface area contributed by atoms with Crippen LogP contribution in [0.4, 0.5) is 0 Å². The monoisotopic (exact) mass is 328 g/mol. The minimum Gasteiger partial charge on any atom is -0.375 e. The standard InChI is InChI=1S/C17H28N2O2.ClH/c1-19(16(20)9-15-10-18-2-3-21-15)17-13-5-11-4-12(7-13)8-14(17)6-11;/h11-15,17-18H,2-10H2,1H3;1H. The van der Waals surface area contributed by atoms with Gasteiger partial charge in [0.2, 0.25) is 5.91 Å². The second-order valence-corrected chi connectivity index (χ2v) is 7.83. The predicted molar refractivity (Wildman–Crippen MR) is 88.1 cm³/mol. The zero-order chi connectivity index (χ0) is 14.4. The molecule has 0 spiro atoms. The second-order valence-electron chi connectivity index (χ2n) is 7.83. The molecule has 5 heteroatoms. The Morgan fingerprint density at radius 2 is 1.77 bits per heavy atom. The number of hydrogen-bond donors (Lipinski definition) is 1. The Kier molecular flexibility index (Phi) is 5.01. The van der Waals surface area contributed by atoms with Crippen LogP contribution in [0.2, 0.25) is 0 Å². The summed E-state index contributed by atoms with van der Waals surface area (Å²) in [7, 11) is 2.05. The summed E-state index contributed by atoms with van der Waals surface area (Å²) in [5.41, 5.74) is 0. The molecule has 0 aromatic heterocycles. The van der Waals surface area contributed by atoms with Crippen molar-refractivity contribution in [3.8, 4) is 0 Å². The summed E-state index contributed by atoms with van der Waals surface area (Å²) in [5, 5.41) is 3.31. The van der Waals surface area contributed by atoms with Crippen LogP contribution in [-0.4, -0.2) is 49.7 Å². The van der Waals surface area contributed by atoms with Crippen LogP contribution in [0.5, 0.6) is 0 Å². The Bertz CT molecular complexity index is 383. The van der Waals surface area contributed by atoms with E-state index in [1.54, 1.807) is 0 Å². The number of nitrogens with one attached hydrogen (secondary N) is 1. The van der Waals surface area contributed by atoms with Gasteiger partial charge in [0.15, 0.2) is 0 Å².